The number of nitrogens with zero attached hydrogens (tertiary/aromatic N) is 6. The Balaban J connectivity index is 1.34. The molecular weight excluding hydrogens is 498 g/mol. The van der Waals surface area contributed by atoms with Crippen molar-refractivity contribution in [3.8, 4) is 5.75 Å². The molecule has 2 aromatic heterocycles. The largest absolute Gasteiger partial charge is 0.494 e. The molecule has 5 rings (SSSR count). The summed E-state index contributed by atoms with van der Waals surface area (Å²) in [7, 11) is 3.43. The van der Waals surface area contributed by atoms with Crippen LogP contribution in [-0.4, -0.2) is 76.2 Å². The van der Waals surface area contributed by atoms with Crippen LogP contribution in [0.25, 0.3) is 10.9 Å². The highest BCUT2D eigenvalue weighted by Gasteiger charge is 2.37. The van der Waals surface area contributed by atoms with Crippen LogP contribution in [0.15, 0.2) is 30.6 Å². The molecule has 39 heavy (non-hydrogen) atoms. The van der Waals surface area contributed by atoms with Crippen LogP contribution in [0.5, 0.6) is 5.75 Å². The van der Waals surface area contributed by atoms with Gasteiger partial charge in [-0.15, -0.1) is 0 Å². The number of nitrogens with one attached hydrogen (secondary N) is 1. The van der Waals surface area contributed by atoms with Crippen LogP contribution in [0.3, 0.4) is 0 Å². The maximum Gasteiger partial charge on any atom is 0.410 e. The van der Waals surface area contributed by atoms with Gasteiger partial charge in [0.05, 0.1) is 30.4 Å². The summed E-state index contributed by atoms with van der Waals surface area (Å²) in [6.07, 6.45) is 4.05. The molecule has 1 N–H and O–H groups in total. The highest BCUT2D eigenvalue weighted by atomic mass is 16.6. The van der Waals surface area contributed by atoms with Gasteiger partial charge < -0.3 is 19.7 Å². The lowest BCUT2D eigenvalue weighted by Gasteiger charge is -2.45. The Hall–Kier alpha value is -4.02. The van der Waals surface area contributed by atoms with Crippen molar-refractivity contribution in [2.24, 2.45) is 7.05 Å². The first-order valence-corrected chi connectivity index (χ1v) is 13.3. The number of hydrogen-bond donors (Lipinski definition) is 1. The fourth-order valence-corrected chi connectivity index (χ4v) is 5.59. The number of urea groups is 1. The van der Waals surface area contributed by atoms with E-state index in [1.807, 2.05) is 71.0 Å². The zero-order valence-electron chi connectivity index (χ0n) is 23.7. The number of piperazine rings is 1. The number of carbonyl (C=O) groups excluding carboxylic acids is 2. The third-order valence-corrected chi connectivity index (χ3v) is 7.14. The van der Waals surface area contributed by atoms with Gasteiger partial charge in [-0.1, -0.05) is 0 Å². The number of aromatic nitrogens is 3. The van der Waals surface area contributed by atoms with Gasteiger partial charge in [-0.05, 0) is 53.2 Å². The molecule has 0 saturated carbocycles. The molecule has 1 fully saturated rings. The van der Waals surface area contributed by atoms with E-state index in [2.05, 4.69) is 20.3 Å². The standard InChI is InChI=1S/C28H37N7O4/c1-17-14-33(15-18(2)35(17)27(37)39-28(3,4)5)23-8-10-29-25-20(23)9-11-34(25)26(36)30-22-12-19-16-32(6)31-21(19)13-24(22)38-7/h8,10,12-13,16-18H,9,11,14-15H2,1-7H3,(H,30,36)/t17-,18+. The molecular formula is C28H37N7O4. The van der Waals surface area contributed by atoms with Crippen LogP contribution < -0.4 is 19.9 Å². The highest BCUT2D eigenvalue weighted by molar-refractivity contribution is 6.05. The molecule has 3 amide bonds. The maximum absolute atomic E-state index is 13.4. The number of aryl methyl sites for hydroxylation is 1. The zero-order chi connectivity index (χ0) is 28.1. The van der Waals surface area contributed by atoms with E-state index in [0.29, 0.717) is 43.3 Å². The van der Waals surface area contributed by atoms with Gasteiger partial charge in [0.25, 0.3) is 0 Å². The Bertz CT molecular complexity index is 1400. The number of carbonyl (C=O) groups is 2. The van der Waals surface area contributed by atoms with E-state index in [-0.39, 0.29) is 24.2 Å². The fourth-order valence-electron chi connectivity index (χ4n) is 5.59. The molecule has 0 spiro atoms. The van der Waals surface area contributed by atoms with Gasteiger partial charge in [0, 0.05) is 61.8 Å². The number of anilines is 3. The van der Waals surface area contributed by atoms with Crippen LogP contribution in [0, 0.1) is 0 Å². The van der Waals surface area contributed by atoms with Crippen molar-refractivity contribution < 1.29 is 19.1 Å². The maximum atomic E-state index is 13.4. The summed E-state index contributed by atoms with van der Waals surface area (Å²) in [4.78, 5) is 36.7. The van der Waals surface area contributed by atoms with E-state index in [1.54, 1.807) is 22.9 Å². The second kappa shape index (κ2) is 9.94. The molecule has 0 aliphatic carbocycles. The molecule has 1 aromatic carbocycles. The minimum atomic E-state index is -0.544. The molecule has 208 valence electrons. The first-order valence-electron chi connectivity index (χ1n) is 13.3. The Morgan fingerprint density at radius 3 is 2.51 bits per heavy atom. The van der Waals surface area contributed by atoms with E-state index >= 15 is 0 Å². The van der Waals surface area contributed by atoms with Gasteiger partial charge in [0.15, 0.2) is 0 Å². The molecule has 0 bridgehead atoms. The second-order valence-corrected chi connectivity index (χ2v) is 11.4. The predicted octanol–water partition coefficient (Wildman–Crippen LogP) is 4.41. The van der Waals surface area contributed by atoms with Gasteiger partial charge in [-0.25, -0.2) is 14.6 Å². The predicted molar refractivity (Wildman–Crippen MR) is 151 cm³/mol. The summed E-state index contributed by atoms with van der Waals surface area (Å²) in [5.41, 5.74) is 2.91. The second-order valence-electron chi connectivity index (χ2n) is 11.4. The molecule has 2 aliphatic heterocycles. The Morgan fingerprint density at radius 1 is 1.13 bits per heavy atom. The molecule has 3 aromatic rings. The number of amides is 3. The molecule has 2 aliphatic rings. The Morgan fingerprint density at radius 2 is 1.85 bits per heavy atom. The Kier molecular flexibility index (Phi) is 6.77. The summed E-state index contributed by atoms with van der Waals surface area (Å²) < 4.78 is 12.9. The lowest BCUT2D eigenvalue weighted by molar-refractivity contribution is 0.00565. The van der Waals surface area contributed by atoms with Crippen molar-refractivity contribution >= 4 is 40.2 Å². The van der Waals surface area contributed by atoms with Crippen molar-refractivity contribution in [2.45, 2.75) is 58.7 Å². The lowest BCUT2D eigenvalue weighted by Crippen LogP contribution is -2.59. The normalized spacial score (nSPS) is 19.3. The number of methoxy groups -OCH3 is 1. The molecule has 0 unspecified atom stereocenters. The van der Waals surface area contributed by atoms with Crippen LogP contribution in [0.4, 0.5) is 26.8 Å². The van der Waals surface area contributed by atoms with E-state index in [4.69, 9.17) is 9.47 Å². The van der Waals surface area contributed by atoms with Crippen molar-refractivity contribution in [1.29, 1.82) is 0 Å². The molecule has 11 heteroatoms. The third-order valence-electron chi connectivity index (χ3n) is 7.14. The minimum absolute atomic E-state index is 0.0388. The summed E-state index contributed by atoms with van der Waals surface area (Å²) in [5.74, 6) is 1.20. The topological polar surface area (TPSA) is 105 Å². The summed E-state index contributed by atoms with van der Waals surface area (Å²) in [6, 6.07) is 5.34. The van der Waals surface area contributed by atoms with Gasteiger partial charge in [-0.3, -0.25) is 14.5 Å². The van der Waals surface area contributed by atoms with Crippen molar-refractivity contribution in [3.05, 3.63) is 36.2 Å². The molecule has 0 radical (unpaired) electrons. The van der Waals surface area contributed by atoms with E-state index in [0.717, 1.165) is 22.2 Å². The van der Waals surface area contributed by atoms with Crippen molar-refractivity contribution in [2.75, 3.05) is 41.9 Å². The number of rotatable bonds is 3. The van der Waals surface area contributed by atoms with E-state index in [1.165, 1.54) is 0 Å². The monoisotopic (exact) mass is 535 g/mol. The van der Waals surface area contributed by atoms with Crippen molar-refractivity contribution in [1.82, 2.24) is 19.7 Å². The summed E-state index contributed by atoms with van der Waals surface area (Å²) in [6.45, 7) is 11.6. The number of pyridine rings is 1. The Labute approximate surface area is 228 Å². The number of fused-ring (bicyclic) bond motifs is 2. The van der Waals surface area contributed by atoms with E-state index in [9.17, 15) is 9.59 Å². The molecule has 4 heterocycles. The molecule has 11 nitrogen and oxygen atoms in total. The third kappa shape index (κ3) is 5.17. The van der Waals surface area contributed by atoms with Gasteiger partial charge in [0.1, 0.15) is 17.2 Å². The highest BCUT2D eigenvalue weighted by Crippen LogP contribution is 2.37. The van der Waals surface area contributed by atoms with Crippen LogP contribution in [-0.2, 0) is 18.2 Å². The first-order chi connectivity index (χ1) is 18.4. The molecule has 1 saturated heterocycles. The smallest absolute Gasteiger partial charge is 0.410 e. The zero-order valence-corrected chi connectivity index (χ0v) is 23.7. The summed E-state index contributed by atoms with van der Waals surface area (Å²) >= 11 is 0. The number of hydrogen-bond acceptors (Lipinski definition) is 7. The SMILES string of the molecule is COc1cc2nn(C)cc2cc1NC(=O)N1CCc2c(N3C[C@@H](C)N(C(=O)OC(C)(C)C)[C@@H](C)C3)ccnc21. The summed E-state index contributed by atoms with van der Waals surface area (Å²) in [5, 5.41) is 8.33. The van der Waals surface area contributed by atoms with E-state index < -0.39 is 5.60 Å². The first kappa shape index (κ1) is 26.6. The van der Waals surface area contributed by atoms with Gasteiger partial charge in [0.2, 0.25) is 0 Å². The van der Waals surface area contributed by atoms with Crippen molar-refractivity contribution in [3.63, 3.8) is 0 Å². The van der Waals surface area contributed by atoms with Gasteiger partial charge >= 0.3 is 12.1 Å². The van der Waals surface area contributed by atoms with Crippen LogP contribution in [0.1, 0.15) is 40.2 Å². The average molecular weight is 536 g/mol. The average Bonchev–Trinajstić information content (AvgIpc) is 3.44. The van der Waals surface area contributed by atoms with Crippen LogP contribution in [0.2, 0.25) is 0 Å². The molecule has 2 atom stereocenters. The quantitative estimate of drug-likeness (QED) is 0.530. The van der Waals surface area contributed by atoms with Crippen LogP contribution >= 0.6 is 0 Å². The fraction of sp³-hybridized carbons (Fsp3) is 0.500. The number of ether oxygens (including phenoxy) is 2. The number of benzene rings is 1. The minimum Gasteiger partial charge on any atom is -0.494 e. The van der Waals surface area contributed by atoms with Gasteiger partial charge in [-0.2, -0.15) is 5.10 Å². The lowest BCUT2D eigenvalue weighted by atomic mass is 10.1.